The molecule has 1 N–H and O–H groups in total. The van der Waals surface area contributed by atoms with Crippen LogP contribution in [0.2, 0.25) is 0 Å². The topological polar surface area (TPSA) is 46.4 Å². The Labute approximate surface area is 152 Å². The molecule has 1 amide bonds. The molecule has 0 aliphatic carbocycles. The molecule has 0 unspecified atom stereocenters. The van der Waals surface area contributed by atoms with Crippen molar-refractivity contribution in [3.63, 3.8) is 0 Å². The summed E-state index contributed by atoms with van der Waals surface area (Å²) in [6, 6.07) is 18.0. The molecular formula is C22H21N3O. The van der Waals surface area contributed by atoms with Crippen molar-refractivity contribution in [1.29, 1.82) is 0 Å². The molecule has 2 heterocycles. The van der Waals surface area contributed by atoms with E-state index in [0.29, 0.717) is 5.69 Å². The number of benzene rings is 2. The highest BCUT2D eigenvalue weighted by molar-refractivity contribution is 6.09. The van der Waals surface area contributed by atoms with Crippen molar-refractivity contribution >= 4 is 28.0 Å². The molecule has 4 heteroatoms. The zero-order valence-corrected chi connectivity index (χ0v) is 15.0. The molecule has 0 spiro atoms. The summed E-state index contributed by atoms with van der Waals surface area (Å²) >= 11 is 0. The third-order valence-electron chi connectivity index (χ3n) is 4.58. The Morgan fingerprint density at radius 3 is 2.73 bits per heavy atom. The van der Waals surface area contributed by atoms with Crippen molar-refractivity contribution < 1.29 is 4.79 Å². The number of aryl methyl sites for hydroxylation is 2. The molecule has 0 aliphatic rings. The maximum atomic E-state index is 13.2. The molecule has 4 rings (SSSR count). The summed E-state index contributed by atoms with van der Waals surface area (Å²) < 4.78 is 1.90. The van der Waals surface area contributed by atoms with Gasteiger partial charge in [-0.15, -0.1) is 0 Å². The van der Waals surface area contributed by atoms with Crippen LogP contribution in [0.3, 0.4) is 0 Å². The van der Waals surface area contributed by atoms with E-state index < -0.39 is 0 Å². The SMILES string of the molecule is CCCc1nc2ccc(C)cn2c1C(=O)Nc1cccc2ccccc12. The van der Waals surface area contributed by atoms with Crippen LogP contribution in [-0.2, 0) is 6.42 Å². The van der Waals surface area contributed by atoms with E-state index in [2.05, 4.69) is 17.2 Å². The van der Waals surface area contributed by atoms with Gasteiger partial charge in [0.25, 0.3) is 5.91 Å². The molecule has 4 aromatic rings. The molecule has 0 fully saturated rings. The monoisotopic (exact) mass is 343 g/mol. The first kappa shape index (κ1) is 16.3. The van der Waals surface area contributed by atoms with E-state index in [1.165, 1.54) is 0 Å². The van der Waals surface area contributed by atoms with E-state index in [0.717, 1.165) is 46.2 Å². The van der Waals surface area contributed by atoms with Gasteiger partial charge in [0, 0.05) is 17.3 Å². The fraction of sp³-hybridized carbons (Fsp3) is 0.182. The largest absolute Gasteiger partial charge is 0.320 e. The number of hydrogen-bond acceptors (Lipinski definition) is 2. The van der Waals surface area contributed by atoms with Crippen LogP contribution in [-0.4, -0.2) is 15.3 Å². The highest BCUT2D eigenvalue weighted by Gasteiger charge is 2.19. The number of nitrogens with one attached hydrogen (secondary N) is 1. The maximum absolute atomic E-state index is 13.2. The lowest BCUT2D eigenvalue weighted by Crippen LogP contribution is -2.16. The standard InChI is InChI=1S/C22H21N3O/c1-3-7-19-21(25-14-15(2)12-13-20(25)23-19)22(26)24-18-11-6-9-16-8-4-5-10-17(16)18/h4-6,8-14H,3,7H2,1-2H3,(H,24,26). The molecule has 4 nitrogen and oxygen atoms in total. The van der Waals surface area contributed by atoms with Gasteiger partial charge in [-0.2, -0.15) is 0 Å². The average molecular weight is 343 g/mol. The van der Waals surface area contributed by atoms with E-state index in [9.17, 15) is 4.79 Å². The highest BCUT2D eigenvalue weighted by atomic mass is 16.2. The normalized spacial score (nSPS) is 11.2. The first-order valence-electron chi connectivity index (χ1n) is 8.94. The lowest BCUT2D eigenvalue weighted by Gasteiger charge is -2.10. The smallest absolute Gasteiger partial charge is 0.274 e. The Bertz CT molecular complexity index is 1110. The molecule has 26 heavy (non-hydrogen) atoms. The van der Waals surface area contributed by atoms with Gasteiger partial charge in [0.05, 0.1) is 5.69 Å². The molecule has 2 aromatic heterocycles. The van der Waals surface area contributed by atoms with Gasteiger partial charge in [-0.3, -0.25) is 9.20 Å². The van der Waals surface area contributed by atoms with Crippen molar-refractivity contribution in [2.24, 2.45) is 0 Å². The van der Waals surface area contributed by atoms with E-state index in [-0.39, 0.29) is 5.91 Å². The maximum Gasteiger partial charge on any atom is 0.274 e. The molecule has 0 radical (unpaired) electrons. The molecule has 2 aromatic carbocycles. The van der Waals surface area contributed by atoms with Crippen LogP contribution >= 0.6 is 0 Å². The Morgan fingerprint density at radius 2 is 1.88 bits per heavy atom. The second-order valence-electron chi connectivity index (χ2n) is 6.57. The van der Waals surface area contributed by atoms with Crippen LogP contribution in [0.25, 0.3) is 16.4 Å². The van der Waals surface area contributed by atoms with Crippen LogP contribution in [0.1, 0.15) is 35.1 Å². The fourth-order valence-electron chi connectivity index (χ4n) is 3.37. The second kappa shape index (κ2) is 6.64. The first-order valence-corrected chi connectivity index (χ1v) is 8.94. The minimum atomic E-state index is -0.122. The molecular weight excluding hydrogens is 322 g/mol. The van der Waals surface area contributed by atoms with Gasteiger partial charge in [-0.25, -0.2) is 4.98 Å². The van der Waals surface area contributed by atoms with Crippen molar-refractivity contribution in [3.05, 3.63) is 77.7 Å². The highest BCUT2D eigenvalue weighted by Crippen LogP contribution is 2.24. The van der Waals surface area contributed by atoms with Gasteiger partial charge in [-0.1, -0.05) is 55.8 Å². The summed E-state index contributed by atoms with van der Waals surface area (Å²) in [5, 5.41) is 5.24. The van der Waals surface area contributed by atoms with E-state index in [1.54, 1.807) is 0 Å². The van der Waals surface area contributed by atoms with E-state index in [4.69, 9.17) is 0 Å². The predicted octanol–water partition coefficient (Wildman–Crippen LogP) is 5.00. The number of anilines is 1. The molecule has 0 bridgehead atoms. The van der Waals surface area contributed by atoms with Gasteiger partial charge in [0.2, 0.25) is 0 Å². The Hall–Kier alpha value is -3.14. The number of rotatable bonds is 4. The van der Waals surface area contributed by atoms with Crippen LogP contribution in [0.5, 0.6) is 0 Å². The quantitative estimate of drug-likeness (QED) is 0.567. The van der Waals surface area contributed by atoms with Crippen LogP contribution in [0.4, 0.5) is 5.69 Å². The molecule has 0 saturated carbocycles. The number of carbonyl (C=O) groups excluding carboxylic acids is 1. The van der Waals surface area contributed by atoms with E-state index >= 15 is 0 Å². The molecule has 0 saturated heterocycles. The Balaban J connectivity index is 1.80. The van der Waals surface area contributed by atoms with Crippen LogP contribution in [0.15, 0.2) is 60.8 Å². The third-order valence-corrected chi connectivity index (χ3v) is 4.58. The van der Waals surface area contributed by atoms with Gasteiger partial charge >= 0.3 is 0 Å². The average Bonchev–Trinajstić information content (AvgIpc) is 2.99. The summed E-state index contributed by atoms with van der Waals surface area (Å²) in [6.07, 6.45) is 3.69. The van der Waals surface area contributed by atoms with Gasteiger partial charge in [-0.05, 0) is 36.4 Å². The lowest BCUT2D eigenvalue weighted by molar-refractivity contribution is 0.102. The predicted molar refractivity (Wildman–Crippen MR) is 106 cm³/mol. The number of amides is 1. The summed E-state index contributed by atoms with van der Waals surface area (Å²) in [7, 11) is 0. The number of imidazole rings is 1. The summed E-state index contributed by atoms with van der Waals surface area (Å²) in [5.74, 6) is -0.122. The zero-order valence-electron chi connectivity index (χ0n) is 15.0. The number of hydrogen-bond donors (Lipinski definition) is 1. The van der Waals surface area contributed by atoms with Crippen LogP contribution < -0.4 is 5.32 Å². The van der Waals surface area contributed by atoms with Gasteiger partial charge < -0.3 is 5.32 Å². The fourth-order valence-corrected chi connectivity index (χ4v) is 3.37. The Kier molecular flexibility index (Phi) is 4.17. The number of aromatic nitrogens is 2. The number of nitrogens with zero attached hydrogens (tertiary/aromatic N) is 2. The summed E-state index contributed by atoms with van der Waals surface area (Å²) in [5.41, 5.74) is 4.19. The minimum Gasteiger partial charge on any atom is -0.320 e. The van der Waals surface area contributed by atoms with Gasteiger partial charge in [0.1, 0.15) is 11.3 Å². The number of fused-ring (bicyclic) bond motifs is 2. The minimum absolute atomic E-state index is 0.122. The Morgan fingerprint density at radius 1 is 1.08 bits per heavy atom. The third kappa shape index (κ3) is 2.84. The van der Waals surface area contributed by atoms with Crippen molar-refractivity contribution in [2.75, 3.05) is 5.32 Å². The van der Waals surface area contributed by atoms with E-state index in [1.807, 2.05) is 72.1 Å². The van der Waals surface area contributed by atoms with Gasteiger partial charge in [0.15, 0.2) is 0 Å². The zero-order chi connectivity index (χ0) is 18.1. The molecule has 0 aliphatic heterocycles. The molecule has 0 atom stereocenters. The lowest BCUT2D eigenvalue weighted by atomic mass is 10.1. The van der Waals surface area contributed by atoms with Crippen molar-refractivity contribution in [2.45, 2.75) is 26.7 Å². The summed E-state index contributed by atoms with van der Waals surface area (Å²) in [4.78, 5) is 17.8. The summed E-state index contributed by atoms with van der Waals surface area (Å²) in [6.45, 7) is 4.12. The van der Waals surface area contributed by atoms with Crippen LogP contribution in [0, 0.1) is 6.92 Å². The molecule has 130 valence electrons. The van der Waals surface area contributed by atoms with Crippen molar-refractivity contribution in [1.82, 2.24) is 9.38 Å². The van der Waals surface area contributed by atoms with Crippen molar-refractivity contribution in [3.8, 4) is 0 Å². The number of pyridine rings is 1. The second-order valence-corrected chi connectivity index (χ2v) is 6.57. The first-order chi connectivity index (χ1) is 12.7. The number of carbonyl (C=O) groups is 1.